The van der Waals surface area contributed by atoms with Crippen LogP contribution in [-0.4, -0.2) is 30.2 Å². The van der Waals surface area contributed by atoms with Gasteiger partial charge in [-0.3, -0.25) is 4.21 Å². The minimum absolute atomic E-state index is 0.454. The van der Waals surface area contributed by atoms with Crippen LogP contribution in [0, 0.1) is 17.2 Å². The zero-order valence-corrected chi connectivity index (χ0v) is 11.1. The van der Waals surface area contributed by atoms with E-state index in [0.29, 0.717) is 28.7 Å². The lowest BCUT2D eigenvalue weighted by Crippen LogP contribution is -2.44. The van der Waals surface area contributed by atoms with E-state index in [9.17, 15) is 4.21 Å². The minimum atomic E-state index is -0.901. The van der Waals surface area contributed by atoms with E-state index >= 15 is 0 Å². The molecule has 0 aliphatic carbocycles. The van der Waals surface area contributed by atoms with E-state index in [2.05, 4.69) is 11.4 Å². The van der Waals surface area contributed by atoms with Gasteiger partial charge in [-0.15, -0.1) is 0 Å². The van der Waals surface area contributed by atoms with Gasteiger partial charge in [0.25, 0.3) is 0 Å². The number of nitriles is 1. The number of nitrogens with zero attached hydrogens (tertiary/aromatic N) is 1. The highest BCUT2D eigenvalue weighted by Crippen LogP contribution is 2.22. The molecule has 1 aliphatic heterocycles. The fraction of sp³-hybridized carbons (Fsp3) is 0.462. The molecular weight excluding hydrogens is 248 g/mol. The number of rotatable bonds is 5. The predicted molar refractivity (Wildman–Crippen MR) is 70.8 cm³/mol. The maximum Gasteiger partial charge on any atom is 0.123 e. The van der Waals surface area contributed by atoms with Gasteiger partial charge in [0.2, 0.25) is 0 Å². The molecule has 5 heteroatoms. The molecule has 18 heavy (non-hydrogen) atoms. The van der Waals surface area contributed by atoms with Crippen LogP contribution in [0.2, 0.25) is 0 Å². The molecule has 1 N–H and O–H groups in total. The van der Waals surface area contributed by atoms with E-state index < -0.39 is 10.8 Å². The molecule has 4 nitrogen and oxygen atoms in total. The van der Waals surface area contributed by atoms with Crippen LogP contribution in [0.4, 0.5) is 0 Å². The lowest BCUT2D eigenvalue weighted by atomic mass is 10.1. The zero-order chi connectivity index (χ0) is 13.0. The van der Waals surface area contributed by atoms with Crippen molar-refractivity contribution in [3.8, 4) is 11.8 Å². The zero-order valence-electron chi connectivity index (χ0n) is 10.3. The molecule has 1 aromatic carbocycles. The van der Waals surface area contributed by atoms with Crippen LogP contribution in [0.5, 0.6) is 5.75 Å². The Hall–Kier alpha value is -1.38. The van der Waals surface area contributed by atoms with Crippen molar-refractivity contribution in [3.63, 3.8) is 0 Å². The Bertz CT molecular complexity index is 492. The van der Waals surface area contributed by atoms with E-state index in [0.717, 1.165) is 18.7 Å². The van der Waals surface area contributed by atoms with Crippen LogP contribution < -0.4 is 10.1 Å². The molecular formula is C13H16N2O2S. The summed E-state index contributed by atoms with van der Waals surface area (Å²) in [5, 5.41) is 12.0. The lowest BCUT2D eigenvalue weighted by Gasteiger charge is -2.26. The summed E-state index contributed by atoms with van der Waals surface area (Å²) in [6.07, 6.45) is 0. The number of methoxy groups -OCH3 is 1. The second-order valence-corrected chi connectivity index (χ2v) is 5.92. The second kappa shape index (κ2) is 5.98. The van der Waals surface area contributed by atoms with Crippen molar-refractivity contribution in [2.45, 2.75) is 5.75 Å². The van der Waals surface area contributed by atoms with Gasteiger partial charge >= 0.3 is 0 Å². The van der Waals surface area contributed by atoms with Gasteiger partial charge in [0.05, 0.1) is 24.5 Å². The Morgan fingerprint density at radius 1 is 1.56 bits per heavy atom. The Morgan fingerprint density at radius 3 is 2.89 bits per heavy atom. The molecule has 0 aromatic heterocycles. The maximum atomic E-state index is 12.0. The number of hydrogen-bond donors (Lipinski definition) is 1. The Labute approximate surface area is 109 Å². The number of ether oxygens (including phenoxy) is 1. The fourth-order valence-electron chi connectivity index (χ4n) is 1.92. The first-order chi connectivity index (χ1) is 8.72. The monoisotopic (exact) mass is 264 g/mol. The largest absolute Gasteiger partial charge is 0.496 e. The summed E-state index contributed by atoms with van der Waals surface area (Å²) < 4.78 is 17.3. The summed E-state index contributed by atoms with van der Waals surface area (Å²) >= 11 is 0. The topological polar surface area (TPSA) is 62.1 Å². The second-order valence-electron chi connectivity index (χ2n) is 4.41. The first-order valence-electron chi connectivity index (χ1n) is 5.85. The third-order valence-electron chi connectivity index (χ3n) is 3.01. The van der Waals surface area contributed by atoms with Crippen molar-refractivity contribution < 1.29 is 8.95 Å². The van der Waals surface area contributed by atoms with Gasteiger partial charge in [-0.05, 0) is 24.1 Å². The van der Waals surface area contributed by atoms with Crippen molar-refractivity contribution in [2.24, 2.45) is 5.92 Å². The average molecular weight is 264 g/mol. The minimum Gasteiger partial charge on any atom is -0.496 e. The van der Waals surface area contributed by atoms with E-state index in [1.54, 1.807) is 25.3 Å². The molecule has 1 saturated heterocycles. The third kappa shape index (κ3) is 3.09. The summed E-state index contributed by atoms with van der Waals surface area (Å²) in [4.78, 5) is 0. The molecule has 1 atom stereocenters. The summed E-state index contributed by atoms with van der Waals surface area (Å²) in [6, 6.07) is 7.32. The Kier molecular flexibility index (Phi) is 4.34. The van der Waals surface area contributed by atoms with Crippen molar-refractivity contribution in [3.05, 3.63) is 29.3 Å². The summed E-state index contributed by atoms with van der Waals surface area (Å²) in [7, 11) is 0.686. The fourth-order valence-corrected chi connectivity index (χ4v) is 3.37. The molecule has 1 aromatic rings. The molecule has 0 radical (unpaired) electrons. The van der Waals surface area contributed by atoms with E-state index in [4.69, 9.17) is 10.00 Å². The first-order valence-corrected chi connectivity index (χ1v) is 7.34. The number of hydrogen-bond acceptors (Lipinski definition) is 4. The number of nitrogens with one attached hydrogen (secondary N) is 1. The molecule has 0 amide bonds. The quantitative estimate of drug-likeness (QED) is 0.863. The molecule has 96 valence electrons. The smallest absolute Gasteiger partial charge is 0.123 e. The van der Waals surface area contributed by atoms with Crippen LogP contribution in [0.1, 0.15) is 11.1 Å². The molecule has 2 rings (SSSR count). The van der Waals surface area contributed by atoms with Crippen LogP contribution in [0.15, 0.2) is 18.2 Å². The molecule has 1 aliphatic rings. The predicted octanol–water partition coefficient (Wildman–Crippen LogP) is 1.03. The highest BCUT2D eigenvalue weighted by Gasteiger charge is 2.20. The summed E-state index contributed by atoms with van der Waals surface area (Å²) in [6.45, 7) is 1.92. The van der Waals surface area contributed by atoms with Gasteiger partial charge in [-0.1, -0.05) is 0 Å². The van der Waals surface area contributed by atoms with Crippen molar-refractivity contribution in [1.82, 2.24) is 5.32 Å². The van der Waals surface area contributed by atoms with Crippen molar-refractivity contribution in [1.29, 1.82) is 5.26 Å². The standard InChI is InChI=1S/C13H16N2O2S/c1-17-13-3-2-10(5-14)4-12(13)9-18(16)8-11-6-15-7-11/h2-4,11,15H,6-9H2,1H3. The molecule has 0 bridgehead atoms. The molecule has 1 unspecified atom stereocenters. The molecule has 1 heterocycles. The van der Waals surface area contributed by atoms with Crippen LogP contribution in [0.25, 0.3) is 0 Å². The molecule has 0 saturated carbocycles. The van der Waals surface area contributed by atoms with Gasteiger partial charge < -0.3 is 10.1 Å². The van der Waals surface area contributed by atoms with Crippen molar-refractivity contribution >= 4 is 10.8 Å². The van der Waals surface area contributed by atoms with Gasteiger partial charge in [-0.2, -0.15) is 5.26 Å². The Balaban J connectivity index is 2.06. The summed E-state index contributed by atoms with van der Waals surface area (Å²) in [5.41, 5.74) is 1.43. The maximum absolute atomic E-state index is 12.0. The van der Waals surface area contributed by atoms with E-state index in [-0.39, 0.29) is 0 Å². The van der Waals surface area contributed by atoms with E-state index in [1.165, 1.54) is 0 Å². The SMILES string of the molecule is COc1ccc(C#N)cc1CS(=O)CC1CNC1. The highest BCUT2D eigenvalue weighted by molar-refractivity contribution is 7.84. The van der Waals surface area contributed by atoms with Gasteiger partial charge in [0.15, 0.2) is 0 Å². The van der Waals surface area contributed by atoms with Gasteiger partial charge in [-0.25, -0.2) is 0 Å². The Morgan fingerprint density at radius 2 is 2.33 bits per heavy atom. The van der Waals surface area contributed by atoms with Gasteiger partial charge in [0.1, 0.15) is 5.75 Å². The normalized spacial score (nSPS) is 16.7. The van der Waals surface area contributed by atoms with Crippen LogP contribution in [-0.2, 0) is 16.6 Å². The molecule has 1 fully saturated rings. The molecule has 0 spiro atoms. The highest BCUT2D eigenvalue weighted by atomic mass is 32.2. The average Bonchev–Trinajstić information content (AvgIpc) is 2.34. The van der Waals surface area contributed by atoms with E-state index in [1.807, 2.05) is 0 Å². The van der Waals surface area contributed by atoms with Gasteiger partial charge in [0, 0.05) is 35.2 Å². The third-order valence-corrected chi connectivity index (χ3v) is 4.49. The lowest BCUT2D eigenvalue weighted by molar-refractivity contribution is 0.382. The van der Waals surface area contributed by atoms with Crippen LogP contribution in [0.3, 0.4) is 0 Å². The van der Waals surface area contributed by atoms with Crippen LogP contribution >= 0.6 is 0 Å². The van der Waals surface area contributed by atoms with Crippen molar-refractivity contribution in [2.75, 3.05) is 26.0 Å². The summed E-state index contributed by atoms with van der Waals surface area (Å²) in [5.74, 6) is 2.40. The number of benzene rings is 1. The first kappa shape index (κ1) is 13.1.